The summed E-state index contributed by atoms with van der Waals surface area (Å²) in [4.78, 5) is 35.7. The molecule has 1 fully saturated rings. The van der Waals surface area contributed by atoms with Crippen LogP contribution in [0.5, 0.6) is 0 Å². The lowest BCUT2D eigenvalue weighted by molar-refractivity contribution is 0.0222. The summed E-state index contributed by atoms with van der Waals surface area (Å²) < 4.78 is 7.40. The molecule has 1 aliphatic heterocycles. The molecule has 4 heterocycles. The van der Waals surface area contributed by atoms with Crippen molar-refractivity contribution in [3.8, 4) is 0 Å². The predicted molar refractivity (Wildman–Crippen MR) is 139 cm³/mol. The fraction of sp³-hybridized carbons (Fsp3) is 0.407. The van der Waals surface area contributed by atoms with Crippen LogP contribution in [0, 0.1) is 13.8 Å². The molecule has 1 aromatic carbocycles. The number of aryl methyl sites for hydroxylation is 3. The number of carbonyl (C=O) groups is 2. The van der Waals surface area contributed by atoms with E-state index < -0.39 is 5.60 Å². The molecule has 5 rings (SSSR count). The Morgan fingerprint density at radius 2 is 1.89 bits per heavy atom. The molecule has 1 atom stereocenters. The molecule has 0 radical (unpaired) electrons. The van der Waals surface area contributed by atoms with Gasteiger partial charge in [-0.1, -0.05) is 6.07 Å². The molecule has 3 aromatic heterocycles. The second kappa shape index (κ2) is 8.65. The molecule has 1 saturated heterocycles. The molecule has 0 bridgehead atoms. The maximum absolute atomic E-state index is 13.0. The highest BCUT2D eigenvalue weighted by Crippen LogP contribution is 2.35. The van der Waals surface area contributed by atoms with Crippen molar-refractivity contribution in [3.63, 3.8) is 0 Å². The Bertz CT molecular complexity index is 1490. The third kappa shape index (κ3) is 4.41. The number of rotatable bonds is 3. The fourth-order valence-electron chi connectivity index (χ4n) is 4.96. The van der Waals surface area contributed by atoms with Gasteiger partial charge in [0.25, 0.3) is 5.91 Å². The van der Waals surface area contributed by atoms with Gasteiger partial charge in [0.05, 0.1) is 22.8 Å². The molecule has 2 N–H and O–H groups in total. The Morgan fingerprint density at radius 1 is 1.11 bits per heavy atom. The molecule has 2 amide bonds. The lowest BCUT2D eigenvalue weighted by atomic mass is 10.1. The van der Waals surface area contributed by atoms with Gasteiger partial charge in [-0.15, -0.1) is 0 Å². The first-order chi connectivity index (χ1) is 17.0. The number of likely N-dealkylation sites (tertiary alicyclic amines) is 1. The lowest BCUT2D eigenvalue weighted by Gasteiger charge is -2.28. The van der Waals surface area contributed by atoms with Crippen LogP contribution >= 0.6 is 0 Å². The van der Waals surface area contributed by atoms with Crippen LogP contribution in [0.2, 0.25) is 0 Å². The van der Waals surface area contributed by atoms with E-state index in [1.165, 1.54) is 0 Å². The first-order valence-corrected chi connectivity index (χ1v) is 12.2. The predicted octanol–water partition coefficient (Wildman–Crippen LogP) is 5.39. The highest BCUT2D eigenvalue weighted by Gasteiger charge is 2.34. The van der Waals surface area contributed by atoms with E-state index in [1.54, 1.807) is 15.6 Å². The van der Waals surface area contributed by atoms with Crippen LogP contribution in [-0.4, -0.2) is 48.8 Å². The molecule has 36 heavy (non-hydrogen) atoms. The molecule has 9 nitrogen and oxygen atoms in total. The van der Waals surface area contributed by atoms with Gasteiger partial charge in [-0.2, -0.15) is 5.10 Å². The number of ether oxygens (including phenoxy) is 1. The van der Waals surface area contributed by atoms with E-state index in [2.05, 4.69) is 26.4 Å². The summed E-state index contributed by atoms with van der Waals surface area (Å²) in [5, 5.41) is 9.34. The summed E-state index contributed by atoms with van der Waals surface area (Å²) in [6, 6.07) is 9.37. The summed E-state index contributed by atoms with van der Waals surface area (Å²) >= 11 is 0. The molecule has 9 heteroatoms. The number of pyridine rings is 1. The van der Waals surface area contributed by atoms with Gasteiger partial charge in [-0.05, 0) is 65.7 Å². The highest BCUT2D eigenvalue weighted by atomic mass is 16.6. The number of H-pyrrole nitrogens is 1. The molecule has 0 unspecified atom stereocenters. The first kappa shape index (κ1) is 23.8. The minimum Gasteiger partial charge on any atom is -0.444 e. The van der Waals surface area contributed by atoms with Crippen molar-refractivity contribution < 1.29 is 14.3 Å². The zero-order valence-corrected chi connectivity index (χ0v) is 21.6. The van der Waals surface area contributed by atoms with Gasteiger partial charge < -0.3 is 15.0 Å². The average molecular weight is 489 g/mol. The van der Waals surface area contributed by atoms with Gasteiger partial charge in [0.1, 0.15) is 11.4 Å². The maximum Gasteiger partial charge on any atom is 0.410 e. The number of aromatic amines is 1. The van der Waals surface area contributed by atoms with E-state index >= 15 is 0 Å². The minimum atomic E-state index is -0.543. The molecule has 1 aliphatic rings. The average Bonchev–Trinajstić information content (AvgIpc) is 3.50. The monoisotopic (exact) mass is 488 g/mol. The number of anilines is 1. The number of aromatic nitrogens is 4. The van der Waals surface area contributed by atoms with E-state index in [4.69, 9.17) is 4.74 Å². The lowest BCUT2D eigenvalue weighted by Crippen LogP contribution is -2.36. The Labute approximate surface area is 209 Å². The van der Waals surface area contributed by atoms with Gasteiger partial charge in [0.15, 0.2) is 0 Å². The second-order valence-corrected chi connectivity index (χ2v) is 10.5. The Kier molecular flexibility index (Phi) is 5.73. The van der Waals surface area contributed by atoms with Gasteiger partial charge in [0, 0.05) is 47.4 Å². The number of hydrogen-bond donors (Lipinski definition) is 2. The number of fused-ring (bicyclic) bond motifs is 2. The van der Waals surface area contributed by atoms with E-state index in [9.17, 15) is 9.59 Å². The van der Waals surface area contributed by atoms with Crippen molar-refractivity contribution in [2.24, 2.45) is 7.05 Å². The van der Waals surface area contributed by atoms with Crippen LogP contribution < -0.4 is 5.32 Å². The summed E-state index contributed by atoms with van der Waals surface area (Å²) in [6.07, 6.45) is 1.48. The maximum atomic E-state index is 13.0. The molecular weight excluding hydrogens is 456 g/mol. The Balaban J connectivity index is 1.39. The van der Waals surface area contributed by atoms with Crippen LogP contribution in [0.25, 0.3) is 21.8 Å². The van der Waals surface area contributed by atoms with Gasteiger partial charge in [-0.3, -0.25) is 14.4 Å². The standard InChI is InChI=1S/C27H32N6O3/c1-15-19-13-21(22-8-7-11-33(22)26(35)36-27(3,4)5)29-20(19)14-24(28-15)30-25(34)17-9-10-18-16(2)31-32(6)23(18)12-17/h9-10,12-14,22,29H,7-8,11H2,1-6H3,(H,28,30,34)/t22-/m1/s1. The topological polar surface area (TPSA) is 105 Å². The quantitative estimate of drug-likeness (QED) is 0.402. The number of benzene rings is 1. The molecule has 0 saturated carbocycles. The molecular formula is C27H32N6O3. The third-order valence-corrected chi connectivity index (χ3v) is 6.61. The largest absolute Gasteiger partial charge is 0.444 e. The molecule has 0 spiro atoms. The van der Waals surface area contributed by atoms with E-state index in [0.29, 0.717) is 17.9 Å². The normalized spacial score (nSPS) is 16.2. The van der Waals surface area contributed by atoms with Crippen molar-refractivity contribution in [1.29, 1.82) is 0 Å². The van der Waals surface area contributed by atoms with E-state index in [0.717, 1.165) is 51.7 Å². The van der Waals surface area contributed by atoms with Crippen LogP contribution in [-0.2, 0) is 11.8 Å². The zero-order chi connectivity index (χ0) is 25.8. The van der Waals surface area contributed by atoms with Gasteiger partial charge in [-0.25, -0.2) is 9.78 Å². The van der Waals surface area contributed by atoms with Crippen LogP contribution in [0.4, 0.5) is 10.6 Å². The molecule has 4 aromatic rings. The highest BCUT2D eigenvalue weighted by molar-refractivity contribution is 6.06. The summed E-state index contributed by atoms with van der Waals surface area (Å²) in [7, 11) is 1.87. The van der Waals surface area contributed by atoms with Gasteiger partial charge in [0.2, 0.25) is 0 Å². The Hall–Kier alpha value is -3.88. The van der Waals surface area contributed by atoms with Crippen LogP contribution in [0.15, 0.2) is 30.3 Å². The van der Waals surface area contributed by atoms with E-state index in [1.807, 2.05) is 59.9 Å². The summed E-state index contributed by atoms with van der Waals surface area (Å²) in [5.41, 5.74) is 4.43. The van der Waals surface area contributed by atoms with Crippen LogP contribution in [0.1, 0.15) is 67.1 Å². The summed E-state index contributed by atoms with van der Waals surface area (Å²) in [6.45, 7) is 10.2. The van der Waals surface area contributed by atoms with Crippen LogP contribution in [0.3, 0.4) is 0 Å². The van der Waals surface area contributed by atoms with E-state index in [-0.39, 0.29) is 18.0 Å². The zero-order valence-electron chi connectivity index (χ0n) is 21.6. The van der Waals surface area contributed by atoms with Crippen molar-refractivity contribution in [2.45, 2.75) is 59.1 Å². The minimum absolute atomic E-state index is 0.0845. The molecule has 0 aliphatic carbocycles. The number of amides is 2. The molecule has 188 valence electrons. The SMILES string of the molecule is Cc1nc(NC(=O)c2ccc3c(C)nn(C)c3c2)cc2[nH]c([C@H]3CCCN3C(=O)OC(C)(C)C)cc12. The number of nitrogens with zero attached hydrogens (tertiary/aromatic N) is 4. The van der Waals surface area contributed by atoms with Crippen molar-refractivity contribution in [3.05, 3.63) is 53.0 Å². The van der Waals surface area contributed by atoms with Crippen molar-refractivity contribution in [2.75, 3.05) is 11.9 Å². The first-order valence-electron chi connectivity index (χ1n) is 12.2. The Morgan fingerprint density at radius 3 is 2.64 bits per heavy atom. The number of carbonyl (C=O) groups excluding carboxylic acids is 2. The third-order valence-electron chi connectivity index (χ3n) is 6.61. The fourth-order valence-corrected chi connectivity index (χ4v) is 4.96. The number of hydrogen-bond acceptors (Lipinski definition) is 5. The van der Waals surface area contributed by atoms with Crippen molar-refractivity contribution in [1.82, 2.24) is 24.6 Å². The van der Waals surface area contributed by atoms with Gasteiger partial charge >= 0.3 is 6.09 Å². The smallest absolute Gasteiger partial charge is 0.410 e. The number of nitrogens with one attached hydrogen (secondary N) is 2. The summed E-state index contributed by atoms with van der Waals surface area (Å²) in [5.74, 6) is 0.232. The second-order valence-electron chi connectivity index (χ2n) is 10.5. The van der Waals surface area contributed by atoms with Crippen molar-refractivity contribution >= 4 is 39.6 Å².